The molecule has 104 valence electrons. The number of hydrogen-bond donors (Lipinski definition) is 2. The number of nitrogens with zero attached hydrogens (tertiary/aromatic N) is 2. The average molecular weight is 282 g/mol. The molecule has 3 N–H and O–H groups in total. The number of nitro groups is 1. The smallest absolute Gasteiger partial charge is 0.292 e. The van der Waals surface area contributed by atoms with Crippen LogP contribution in [0.2, 0.25) is 0 Å². The number of nitro benzene ring substituents is 1. The first-order valence-corrected chi connectivity index (χ1v) is 5.86. The molecule has 7 heteroatoms. The van der Waals surface area contributed by atoms with Gasteiger partial charge in [0.2, 0.25) is 0 Å². The summed E-state index contributed by atoms with van der Waals surface area (Å²) in [5.74, 6) is -0.497. The summed E-state index contributed by atoms with van der Waals surface area (Å²) in [5.41, 5.74) is 6.23. The molecule has 0 aliphatic rings. The Balaban J connectivity index is 2.22. The molecule has 0 fully saturated rings. The zero-order chi connectivity index (χ0) is 15.4. The summed E-state index contributed by atoms with van der Waals surface area (Å²) in [5, 5.41) is 22.1. The predicted octanol–water partition coefficient (Wildman–Crippen LogP) is 2.30. The molecule has 0 radical (unpaired) electrons. The van der Waals surface area contributed by atoms with E-state index >= 15 is 0 Å². The first-order chi connectivity index (χ1) is 10.0. The minimum atomic E-state index is -0.645. The van der Waals surface area contributed by atoms with Gasteiger partial charge in [0.15, 0.2) is 0 Å². The number of nitrogens with two attached hydrogens (primary N) is 1. The predicted molar refractivity (Wildman–Crippen MR) is 76.6 cm³/mol. The Morgan fingerprint density at radius 1 is 1.24 bits per heavy atom. The fourth-order valence-electron chi connectivity index (χ4n) is 1.67. The normalized spacial score (nSPS) is 9.67. The highest BCUT2D eigenvalue weighted by atomic mass is 16.6. The van der Waals surface area contributed by atoms with Gasteiger partial charge >= 0.3 is 0 Å². The van der Waals surface area contributed by atoms with Gasteiger partial charge < -0.3 is 11.1 Å². The molecule has 2 rings (SSSR count). The molecule has 1 amide bonds. The molecule has 0 heterocycles. The molecule has 0 saturated heterocycles. The Morgan fingerprint density at radius 3 is 2.48 bits per heavy atom. The summed E-state index contributed by atoms with van der Waals surface area (Å²) >= 11 is 0. The van der Waals surface area contributed by atoms with Gasteiger partial charge in [0, 0.05) is 17.3 Å². The van der Waals surface area contributed by atoms with E-state index in [1.54, 1.807) is 24.3 Å². The second kappa shape index (κ2) is 5.71. The molecule has 0 unspecified atom stereocenters. The van der Waals surface area contributed by atoms with E-state index in [2.05, 4.69) is 5.32 Å². The fraction of sp³-hybridized carbons (Fsp3) is 0. The number of anilines is 2. The van der Waals surface area contributed by atoms with Gasteiger partial charge in [-0.1, -0.05) is 0 Å². The quantitative estimate of drug-likeness (QED) is 0.508. The largest absolute Gasteiger partial charge is 0.393 e. The molecular weight excluding hydrogens is 272 g/mol. The summed E-state index contributed by atoms with van der Waals surface area (Å²) in [6, 6.07) is 12.1. The van der Waals surface area contributed by atoms with Crippen LogP contribution in [-0.4, -0.2) is 10.8 Å². The monoisotopic (exact) mass is 282 g/mol. The number of nitrogen functional groups attached to an aromatic ring is 1. The lowest BCUT2D eigenvalue weighted by Crippen LogP contribution is -2.12. The molecule has 0 spiro atoms. The Kier molecular flexibility index (Phi) is 3.81. The molecule has 0 atom stereocenters. The molecule has 0 saturated carbocycles. The molecule has 7 nitrogen and oxygen atoms in total. The minimum Gasteiger partial charge on any atom is -0.393 e. The van der Waals surface area contributed by atoms with E-state index in [1.807, 2.05) is 6.07 Å². The van der Waals surface area contributed by atoms with Gasteiger partial charge in [0.1, 0.15) is 5.69 Å². The molecule has 0 bridgehead atoms. The number of nitrogens with one attached hydrogen (secondary N) is 1. The lowest BCUT2D eigenvalue weighted by molar-refractivity contribution is -0.383. The number of amides is 1. The van der Waals surface area contributed by atoms with E-state index in [-0.39, 0.29) is 16.9 Å². The van der Waals surface area contributed by atoms with E-state index < -0.39 is 10.8 Å². The van der Waals surface area contributed by atoms with Crippen molar-refractivity contribution in [3.8, 4) is 6.07 Å². The molecule has 2 aromatic carbocycles. The van der Waals surface area contributed by atoms with Gasteiger partial charge in [0.05, 0.1) is 16.6 Å². The van der Waals surface area contributed by atoms with Crippen LogP contribution in [0.15, 0.2) is 42.5 Å². The van der Waals surface area contributed by atoms with Crippen LogP contribution in [0.25, 0.3) is 0 Å². The SMILES string of the molecule is N#Cc1ccc(NC(=O)c2ccc(N)c([N+](=O)[O-])c2)cc1. The maximum Gasteiger partial charge on any atom is 0.292 e. The van der Waals surface area contributed by atoms with Crippen molar-refractivity contribution in [2.75, 3.05) is 11.1 Å². The zero-order valence-electron chi connectivity index (χ0n) is 10.7. The van der Waals surface area contributed by atoms with Crippen molar-refractivity contribution < 1.29 is 9.72 Å². The molecule has 21 heavy (non-hydrogen) atoms. The highest BCUT2D eigenvalue weighted by molar-refractivity contribution is 6.05. The molecule has 2 aromatic rings. The van der Waals surface area contributed by atoms with Crippen LogP contribution in [0.4, 0.5) is 17.1 Å². The Morgan fingerprint density at radius 2 is 1.90 bits per heavy atom. The number of benzene rings is 2. The number of rotatable bonds is 3. The zero-order valence-corrected chi connectivity index (χ0v) is 10.7. The standard InChI is InChI=1S/C14H10N4O3/c15-8-9-1-4-11(5-2-9)17-14(19)10-3-6-12(16)13(7-10)18(20)21/h1-7H,16H2,(H,17,19). The molecule has 0 aromatic heterocycles. The number of hydrogen-bond acceptors (Lipinski definition) is 5. The Hall–Kier alpha value is -3.40. The van der Waals surface area contributed by atoms with E-state index in [4.69, 9.17) is 11.0 Å². The van der Waals surface area contributed by atoms with Crippen molar-refractivity contribution in [3.05, 3.63) is 63.7 Å². The number of carbonyl (C=O) groups excluding carboxylic acids is 1. The minimum absolute atomic E-state index is 0.00470. The fourth-order valence-corrected chi connectivity index (χ4v) is 1.67. The number of carbonyl (C=O) groups is 1. The van der Waals surface area contributed by atoms with Crippen molar-refractivity contribution in [2.24, 2.45) is 0 Å². The van der Waals surface area contributed by atoms with Crippen molar-refractivity contribution in [1.29, 1.82) is 5.26 Å². The van der Waals surface area contributed by atoms with Crippen molar-refractivity contribution in [2.45, 2.75) is 0 Å². The second-order valence-corrected chi connectivity index (χ2v) is 4.17. The number of nitriles is 1. The molecular formula is C14H10N4O3. The second-order valence-electron chi connectivity index (χ2n) is 4.17. The highest BCUT2D eigenvalue weighted by Crippen LogP contribution is 2.23. The first kappa shape index (κ1) is 14.0. The van der Waals surface area contributed by atoms with Crippen LogP contribution in [0.3, 0.4) is 0 Å². The van der Waals surface area contributed by atoms with Crippen LogP contribution in [0.5, 0.6) is 0 Å². The van der Waals surface area contributed by atoms with Crippen molar-refractivity contribution in [3.63, 3.8) is 0 Å². The molecule has 0 aliphatic carbocycles. The van der Waals surface area contributed by atoms with E-state index in [1.165, 1.54) is 12.1 Å². The van der Waals surface area contributed by atoms with E-state index in [0.717, 1.165) is 6.07 Å². The lowest BCUT2D eigenvalue weighted by Gasteiger charge is -2.06. The topological polar surface area (TPSA) is 122 Å². The van der Waals surface area contributed by atoms with Gasteiger partial charge in [-0.15, -0.1) is 0 Å². The summed E-state index contributed by atoms with van der Waals surface area (Å²) in [6.45, 7) is 0. The summed E-state index contributed by atoms with van der Waals surface area (Å²) < 4.78 is 0. The highest BCUT2D eigenvalue weighted by Gasteiger charge is 2.15. The first-order valence-electron chi connectivity index (χ1n) is 5.86. The van der Waals surface area contributed by atoms with Gasteiger partial charge in [-0.25, -0.2) is 0 Å². The summed E-state index contributed by atoms with van der Waals surface area (Å²) in [7, 11) is 0. The van der Waals surface area contributed by atoms with Crippen LogP contribution < -0.4 is 11.1 Å². The van der Waals surface area contributed by atoms with Crippen LogP contribution in [-0.2, 0) is 0 Å². The Bertz CT molecular complexity index is 748. The molecule has 0 aliphatic heterocycles. The van der Waals surface area contributed by atoms with Gasteiger partial charge in [-0.3, -0.25) is 14.9 Å². The van der Waals surface area contributed by atoms with Crippen LogP contribution in [0.1, 0.15) is 15.9 Å². The van der Waals surface area contributed by atoms with E-state index in [0.29, 0.717) is 11.3 Å². The average Bonchev–Trinajstić information content (AvgIpc) is 2.48. The van der Waals surface area contributed by atoms with Gasteiger partial charge in [-0.05, 0) is 36.4 Å². The van der Waals surface area contributed by atoms with Crippen molar-refractivity contribution in [1.82, 2.24) is 0 Å². The van der Waals surface area contributed by atoms with Gasteiger partial charge in [0.25, 0.3) is 11.6 Å². The lowest BCUT2D eigenvalue weighted by atomic mass is 10.1. The van der Waals surface area contributed by atoms with E-state index in [9.17, 15) is 14.9 Å². The maximum absolute atomic E-state index is 12.0. The third-order valence-corrected chi connectivity index (χ3v) is 2.76. The third-order valence-electron chi connectivity index (χ3n) is 2.76. The van der Waals surface area contributed by atoms with Crippen LogP contribution >= 0.6 is 0 Å². The maximum atomic E-state index is 12.0. The van der Waals surface area contributed by atoms with Gasteiger partial charge in [-0.2, -0.15) is 5.26 Å². The van der Waals surface area contributed by atoms with Crippen molar-refractivity contribution >= 4 is 23.0 Å². The van der Waals surface area contributed by atoms with Crippen LogP contribution in [0, 0.1) is 21.4 Å². The Labute approximate surface area is 119 Å². The summed E-state index contributed by atoms with van der Waals surface area (Å²) in [4.78, 5) is 22.2. The summed E-state index contributed by atoms with van der Waals surface area (Å²) in [6.07, 6.45) is 0. The third kappa shape index (κ3) is 3.13.